The lowest BCUT2D eigenvalue weighted by Crippen LogP contribution is -2.13. The molecule has 0 saturated carbocycles. The molecule has 72 valence electrons. The number of hydrogen-bond donors (Lipinski definition) is 1. The normalized spacial score (nSPS) is 8.69. The third-order valence-corrected chi connectivity index (χ3v) is 1.25. The van der Waals surface area contributed by atoms with Crippen LogP contribution in [0.1, 0.15) is 10.4 Å². The van der Waals surface area contributed by atoms with Crippen LogP contribution in [0.3, 0.4) is 0 Å². The van der Waals surface area contributed by atoms with E-state index >= 15 is 0 Å². The molecule has 0 spiro atoms. The topological polar surface area (TPSA) is 65.2 Å². The number of carbonyl (C=O) groups excluding carboxylic acids is 1. The Morgan fingerprint density at radius 3 is 2.92 bits per heavy atom. The van der Waals surface area contributed by atoms with Gasteiger partial charge in [-0.05, 0) is 12.1 Å². The summed E-state index contributed by atoms with van der Waals surface area (Å²) in [4.78, 5) is 14.9. The zero-order chi connectivity index (χ0) is 8.81. The van der Waals surface area contributed by atoms with E-state index in [0.717, 1.165) is 0 Å². The average molecular weight is 203 g/mol. The maximum absolute atomic E-state index is 11.1. The molecule has 0 aromatic carbocycles. The second-order valence-electron chi connectivity index (χ2n) is 2.17. The summed E-state index contributed by atoms with van der Waals surface area (Å²) in [6.07, 6.45) is 3.05. The maximum atomic E-state index is 11.1. The second kappa shape index (κ2) is 6.39. The van der Waals surface area contributed by atoms with E-state index in [9.17, 15) is 4.79 Å². The Morgan fingerprint density at radius 1 is 1.62 bits per heavy atom. The SMILES string of the molecule is Cl.NCCOC(=O)c1cccnc1. The minimum atomic E-state index is -0.381. The second-order valence-corrected chi connectivity index (χ2v) is 2.17. The standard InChI is InChI=1S/C8H10N2O2.ClH/c9-3-5-12-8(11)7-2-1-4-10-6-7;/h1-2,4,6H,3,5,9H2;1H. The van der Waals surface area contributed by atoms with Crippen molar-refractivity contribution in [1.29, 1.82) is 0 Å². The monoisotopic (exact) mass is 202 g/mol. The van der Waals surface area contributed by atoms with Crippen LogP contribution in [0.25, 0.3) is 0 Å². The zero-order valence-corrected chi connectivity index (χ0v) is 7.79. The van der Waals surface area contributed by atoms with Gasteiger partial charge in [-0.3, -0.25) is 4.98 Å². The van der Waals surface area contributed by atoms with Crippen molar-refractivity contribution >= 4 is 18.4 Å². The van der Waals surface area contributed by atoms with Gasteiger partial charge in [0.25, 0.3) is 0 Å². The van der Waals surface area contributed by atoms with E-state index in [1.54, 1.807) is 18.3 Å². The number of pyridine rings is 1. The predicted molar refractivity (Wildman–Crippen MR) is 50.8 cm³/mol. The van der Waals surface area contributed by atoms with Crippen molar-refractivity contribution < 1.29 is 9.53 Å². The molecule has 4 nitrogen and oxygen atoms in total. The van der Waals surface area contributed by atoms with E-state index in [1.807, 2.05) is 0 Å². The fraction of sp³-hybridized carbons (Fsp3) is 0.250. The van der Waals surface area contributed by atoms with E-state index in [-0.39, 0.29) is 25.0 Å². The lowest BCUT2D eigenvalue weighted by Gasteiger charge is -2.00. The van der Waals surface area contributed by atoms with Crippen LogP contribution in [0, 0.1) is 0 Å². The molecular weight excluding hydrogens is 192 g/mol. The van der Waals surface area contributed by atoms with Gasteiger partial charge in [0.15, 0.2) is 0 Å². The summed E-state index contributed by atoms with van der Waals surface area (Å²) in [6, 6.07) is 3.32. The first-order chi connectivity index (χ1) is 5.84. The van der Waals surface area contributed by atoms with Crippen molar-refractivity contribution in [3.8, 4) is 0 Å². The Hall–Kier alpha value is -1.13. The van der Waals surface area contributed by atoms with Gasteiger partial charge in [0.2, 0.25) is 0 Å². The van der Waals surface area contributed by atoms with Crippen molar-refractivity contribution in [3.63, 3.8) is 0 Å². The molecule has 5 heteroatoms. The number of esters is 1. The number of rotatable bonds is 3. The lowest BCUT2D eigenvalue weighted by molar-refractivity contribution is 0.0516. The van der Waals surface area contributed by atoms with Crippen molar-refractivity contribution in [3.05, 3.63) is 30.1 Å². The van der Waals surface area contributed by atoms with Crippen molar-refractivity contribution in [2.24, 2.45) is 5.73 Å². The number of nitrogens with zero attached hydrogens (tertiary/aromatic N) is 1. The van der Waals surface area contributed by atoms with E-state index in [1.165, 1.54) is 6.20 Å². The van der Waals surface area contributed by atoms with Gasteiger partial charge in [0, 0.05) is 18.9 Å². The number of hydrogen-bond acceptors (Lipinski definition) is 4. The first-order valence-electron chi connectivity index (χ1n) is 3.62. The number of ether oxygens (including phenoxy) is 1. The number of carbonyl (C=O) groups is 1. The van der Waals surface area contributed by atoms with Crippen molar-refractivity contribution in [2.45, 2.75) is 0 Å². The first-order valence-corrected chi connectivity index (χ1v) is 3.62. The first kappa shape index (κ1) is 11.9. The highest BCUT2D eigenvalue weighted by Gasteiger charge is 2.04. The highest BCUT2D eigenvalue weighted by molar-refractivity contribution is 5.88. The Balaban J connectivity index is 0.00000144. The molecule has 0 aliphatic heterocycles. The van der Waals surface area contributed by atoms with Gasteiger partial charge >= 0.3 is 5.97 Å². The molecule has 0 radical (unpaired) electrons. The van der Waals surface area contributed by atoms with Crippen LogP contribution in [-0.2, 0) is 4.74 Å². The summed E-state index contributed by atoms with van der Waals surface area (Å²) >= 11 is 0. The molecule has 0 aliphatic carbocycles. The molecule has 1 aromatic heterocycles. The molecule has 0 atom stereocenters. The number of halogens is 1. The van der Waals surface area contributed by atoms with Gasteiger partial charge in [-0.2, -0.15) is 0 Å². The van der Waals surface area contributed by atoms with Gasteiger partial charge in [0.1, 0.15) is 6.61 Å². The lowest BCUT2D eigenvalue weighted by atomic mass is 10.3. The summed E-state index contributed by atoms with van der Waals surface area (Å²) in [5, 5.41) is 0. The number of nitrogens with two attached hydrogens (primary N) is 1. The molecule has 0 bridgehead atoms. The minimum Gasteiger partial charge on any atom is -0.461 e. The van der Waals surface area contributed by atoms with Gasteiger partial charge < -0.3 is 10.5 Å². The Bertz CT molecular complexity index is 254. The van der Waals surface area contributed by atoms with Crippen LogP contribution < -0.4 is 5.73 Å². The summed E-state index contributed by atoms with van der Waals surface area (Å²) in [7, 11) is 0. The largest absolute Gasteiger partial charge is 0.461 e. The highest BCUT2D eigenvalue weighted by Crippen LogP contribution is 1.97. The molecule has 0 aliphatic rings. The quantitative estimate of drug-likeness (QED) is 0.730. The average Bonchev–Trinajstić information content (AvgIpc) is 2.15. The van der Waals surface area contributed by atoms with Crippen LogP contribution in [0.2, 0.25) is 0 Å². The molecular formula is C8H11ClN2O2. The highest BCUT2D eigenvalue weighted by atomic mass is 35.5. The Kier molecular flexibility index (Phi) is 5.84. The van der Waals surface area contributed by atoms with Gasteiger partial charge in [-0.15, -0.1) is 12.4 Å². The molecule has 13 heavy (non-hydrogen) atoms. The number of aromatic nitrogens is 1. The summed E-state index contributed by atoms with van der Waals surface area (Å²) in [6.45, 7) is 0.583. The molecule has 0 amide bonds. The van der Waals surface area contributed by atoms with Crippen LogP contribution >= 0.6 is 12.4 Å². The van der Waals surface area contributed by atoms with E-state index in [0.29, 0.717) is 12.1 Å². The fourth-order valence-electron chi connectivity index (χ4n) is 0.718. The summed E-state index contributed by atoms with van der Waals surface area (Å²) in [5.74, 6) is -0.381. The third kappa shape index (κ3) is 3.87. The molecule has 0 saturated heterocycles. The molecule has 0 unspecified atom stereocenters. The zero-order valence-electron chi connectivity index (χ0n) is 6.97. The fourth-order valence-corrected chi connectivity index (χ4v) is 0.718. The van der Waals surface area contributed by atoms with Crippen molar-refractivity contribution in [1.82, 2.24) is 4.98 Å². The smallest absolute Gasteiger partial charge is 0.339 e. The maximum Gasteiger partial charge on any atom is 0.339 e. The predicted octanol–water partition coefficient (Wildman–Crippen LogP) is 0.619. The molecule has 0 fully saturated rings. The summed E-state index contributed by atoms with van der Waals surface area (Å²) < 4.78 is 4.77. The van der Waals surface area contributed by atoms with Gasteiger partial charge in [-0.25, -0.2) is 4.79 Å². The minimum absolute atomic E-state index is 0. The van der Waals surface area contributed by atoms with E-state index in [4.69, 9.17) is 10.5 Å². The van der Waals surface area contributed by atoms with Gasteiger partial charge in [-0.1, -0.05) is 0 Å². The van der Waals surface area contributed by atoms with Crippen LogP contribution in [-0.4, -0.2) is 24.1 Å². The van der Waals surface area contributed by atoms with Crippen LogP contribution in [0.4, 0.5) is 0 Å². The molecule has 1 rings (SSSR count). The van der Waals surface area contributed by atoms with E-state index < -0.39 is 0 Å². The van der Waals surface area contributed by atoms with E-state index in [2.05, 4.69) is 4.98 Å². The molecule has 1 aromatic rings. The Morgan fingerprint density at radius 2 is 2.38 bits per heavy atom. The summed E-state index contributed by atoms with van der Waals surface area (Å²) in [5.41, 5.74) is 5.61. The van der Waals surface area contributed by atoms with Crippen LogP contribution in [0.5, 0.6) is 0 Å². The Labute approximate surface area is 82.5 Å². The van der Waals surface area contributed by atoms with Crippen LogP contribution in [0.15, 0.2) is 24.5 Å². The molecule has 2 N–H and O–H groups in total. The molecule has 1 heterocycles. The van der Waals surface area contributed by atoms with Gasteiger partial charge in [0.05, 0.1) is 5.56 Å². The third-order valence-electron chi connectivity index (χ3n) is 1.25. The van der Waals surface area contributed by atoms with Crippen molar-refractivity contribution in [2.75, 3.05) is 13.2 Å².